The van der Waals surface area contributed by atoms with Crippen LogP contribution in [-0.4, -0.2) is 74.2 Å². The van der Waals surface area contributed by atoms with Gasteiger partial charge >= 0.3 is 0 Å². The molecule has 1 unspecified atom stereocenters. The first-order valence-electron chi connectivity index (χ1n) is 10.1. The van der Waals surface area contributed by atoms with Crippen molar-refractivity contribution in [1.82, 2.24) is 9.80 Å². The predicted octanol–water partition coefficient (Wildman–Crippen LogP) is 2.77. The predicted molar refractivity (Wildman–Crippen MR) is 107 cm³/mol. The normalized spacial score (nSPS) is 20.4. The van der Waals surface area contributed by atoms with Crippen LogP contribution in [0.2, 0.25) is 0 Å². The molecule has 0 bridgehead atoms. The number of amides is 1. The van der Waals surface area contributed by atoms with Crippen molar-refractivity contribution in [1.29, 1.82) is 0 Å². The lowest BCUT2D eigenvalue weighted by molar-refractivity contribution is -0.0364. The molecule has 2 aliphatic rings. The molecule has 1 amide bonds. The summed E-state index contributed by atoms with van der Waals surface area (Å²) in [5.41, 5.74) is 0.882. The fourth-order valence-corrected chi connectivity index (χ4v) is 3.98. The zero-order valence-electron chi connectivity index (χ0n) is 16.6. The Kier molecular flexibility index (Phi) is 6.24. The van der Waals surface area contributed by atoms with Gasteiger partial charge < -0.3 is 14.5 Å². The van der Waals surface area contributed by atoms with Gasteiger partial charge in [0.05, 0.1) is 18.3 Å². The number of hydrogen-bond donors (Lipinski definition) is 0. The van der Waals surface area contributed by atoms with E-state index in [4.69, 9.17) is 4.74 Å². The SMILES string of the molecule is O=C(c1ccc(F)cc1F)N1CCOC(CN2CCN(c3ccc(F)cc3)CC2)C1. The van der Waals surface area contributed by atoms with E-state index in [9.17, 15) is 18.0 Å². The smallest absolute Gasteiger partial charge is 0.257 e. The summed E-state index contributed by atoms with van der Waals surface area (Å²) < 4.78 is 46.0. The summed E-state index contributed by atoms with van der Waals surface area (Å²) in [4.78, 5) is 18.7. The van der Waals surface area contributed by atoms with Gasteiger partial charge in [0.2, 0.25) is 0 Å². The van der Waals surface area contributed by atoms with E-state index in [2.05, 4.69) is 9.80 Å². The van der Waals surface area contributed by atoms with Crippen LogP contribution < -0.4 is 4.90 Å². The molecule has 2 aliphatic heterocycles. The maximum Gasteiger partial charge on any atom is 0.257 e. The van der Waals surface area contributed by atoms with Crippen LogP contribution in [0, 0.1) is 17.5 Å². The van der Waals surface area contributed by atoms with Crippen LogP contribution in [0.5, 0.6) is 0 Å². The number of benzene rings is 2. The van der Waals surface area contributed by atoms with Gasteiger partial charge in [-0.3, -0.25) is 9.69 Å². The van der Waals surface area contributed by atoms with E-state index in [0.717, 1.165) is 44.0 Å². The number of morpholine rings is 1. The van der Waals surface area contributed by atoms with E-state index in [1.807, 2.05) is 0 Å². The molecule has 0 aliphatic carbocycles. The lowest BCUT2D eigenvalue weighted by Crippen LogP contribution is -2.53. The van der Waals surface area contributed by atoms with Gasteiger partial charge in [0.25, 0.3) is 5.91 Å². The summed E-state index contributed by atoms with van der Waals surface area (Å²) in [6, 6.07) is 9.51. The van der Waals surface area contributed by atoms with Crippen molar-refractivity contribution >= 4 is 11.6 Å². The Bertz CT molecular complexity index is 886. The fraction of sp³-hybridized carbons (Fsp3) is 0.409. The molecular formula is C22H24F3N3O2. The standard InChI is InChI=1S/C22H24F3N3O2/c23-16-1-4-18(5-2-16)27-9-7-26(8-10-27)14-19-15-28(11-12-30-19)22(29)20-6-3-17(24)13-21(20)25/h1-6,13,19H,7-12,14-15H2. The van der Waals surface area contributed by atoms with Gasteiger partial charge in [0.1, 0.15) is 17.5 Å². The minimum Gasteiger partial charge on any atom is -0.373 e. The highest BCUT2D eigenvalue weighted by molar-refractivity contribution is 5.94. The fourth-order valence-electron chi connectivity index (χ4n) is 3.98. The minimum absolute atomic E-state index is 0.120. The summed E-state index contributed by atoms with van der Waals surface area (Å²) in [7, 11) is 0. The highest BCUT2D eigenvalue weighted by Gasteiger charge is 2.29. The Morgan fingerprint density at radius 2 is 1.63 bits per heavy atom. The third-order valence-corrected chi connectivity index (χ3v) is 5.61. The van der Waals surface area contributed by atoms with E-state index in [-0.39, 0.29) is 17.5 Å². The van der Waals surface area contributed by atoms with Crippen molar-refractivity contribution < 1.29 is 22.7 Å². The molecule has 0 aromatic heterocycles. The number of ether oxygens (including phenoxy) is 1. The largest absolute Gasteiger partial charge is 0.373 e. The molecule has 0 radical (unpaired) electrons. The Hall–Kier alpha value is -2.58. The molecule has 2 heterocycles. The third kappa shape index (κ3) is 4.76. The molecule has 2 aromatic rings. The lowest BCUT2D eigenvalue weighted by atomic mass is 10.1. The highest BCUT2D eigenvalue weighted by Crippen LogP contribution is 2.19. The van der Waals surface area contributed by atoms with Gasteiger partial charge in [0, 0.05) is 57.6 Å². The van der Waals surface area contributed by atoms with Crippen LogP contribution in [0.15, 0.2) is 42.5 Å². The molecule has 0 saturated carbocycles. The van der Waals surface area contributed by atoms with Gasteiger partial charge in [-0.05, 0) is 36.4 Å². The Balaban J connectivity index is 1.30. The summed E-state index contributed by atoms with van der Waals surface area (Å²) >= 11 is 0. The quantitative estimate of drug-likeness (QED) is 0.764. The molecule has 8 heteroatoms. The molecule has 0 N–H and O–H groups in total. The Morgan fingerprint density at radius 1 is 0.933 bits per heavy atom. The van der Waals surface area contributed by atoms with E-state index in [0.29, 0.717) is 26.2 Å². The number of rotatable bonds is 4. The Morgan fingerprint density at radius 3 is 2.33 bits per heavy atom. The van der Waals surface area contributed by atoms with Crippen molar-refractivity contribution in [2.75, 3.05) is 57.3 Å². The van der Waals surface area contributed by atoms with Gasteiger partial charge in [-0.25, -0.2) is 13.2 Å². The van der Waals surface area contributed by atoms with Crippen LogP contribution in [-0.2, 0) is 4.74 Å². The molecule has 2 fully saturated rings. The molecule has 2 aromatic carbocycles. The molecule has 30 heavy (non-hydrogen) atoms. The third-order valence-electron chi connectivity index (χ3n) is 5.61. The summed E-state index contributed by atoms with van der Waals surface area (Å²) in [5, 5.41) is 0. The molecule has 5 nitrogen and oxygen atoms in total. The number of hydrogen-bond acceptors (Lipinski definition) is 4. The molecule has 4 rings (SSSR count). The second-order valence-corrected chi connectivity index (χ2v) is 7.63. The van der Waals surface area contributed by atoms with Crippen LogP contribution in [0.25, 0.3) is 0 Å². The maximum absolute atomic E-state index is 14.0. The second-order valence-electron chi connectivity index (χ2n) is 7.63. The van der Waals surface area contributed by atoms with Crippen molar-refractivity contribution in [2.24, 2.45) is 0 Å². The van der Waals surface area contributed by atoms with E-state index < -0.39 is 17.5 Å². The number of carbonyl (C=O) groups excluding carboxylic acids is 1. The number of carbonyl (C=O) groups is 1. The first-order chi connectivity index (χ1) is 14.5. The van der Waals surface area contributed by atoms with Crippen molar-refractivity contribution in [3.63, 3.8) is 0 Å². The van der Waals surface area contributed by atoms with Crippen LogP contribution in [0.4, 0.5) is 18.9 Å². The minimum atomic E-state index is -0.847. The summed E-state index contributed by atoms with van der Waals surface area (Å²) in [6.07, 6.45) is -0.163. The molecule has 160 valence electrons. The topological polar surface area (TPSA) is 36.0 Å². The van der Waals surface area contributed by atoms with Gasteiger partial charge in [0.15, 0.2) is 0 Å². The first-order valence-corrected chi connectivity index (χ1v) is 10.1. The van der Waals surface area contributed by atoms with Crippen LogP contribution >= 0.6 is 0 Å². The summed E-state index contributed by atoms with van der Waals surface area (Å²) in [5.74, 6) is -2.24. The zero-order valence-corrected chi connectivity index (χ0v) is 16.6. The molecular weight excluding hydrogens is 395 g/mol. The van der Waals surface area contributed by atoms with Gasteiger partial charge in [-0.1, -0.05) is 0 Å². The molecule has 0 spiro atoms. The molecule has 2 saturated heterocycles. The van der Waals surface area contributed by atoms with Gasteiger partial charge in [-0.2, -0.15) is 0 Å². The Labute approximate surface area is 173 Å². The van der Waals surface area contributed by atoms with Crippen LogP contribution in [0.1, 0.15) is 10.4 Å². The number of piperazine rings is 1. The lowest BCUT2D eigenvalue weighted by Gasteiger charge is -2.40. The van der Waals surface area contributed by atoms with Crippen molar-refractivity contribution in [3.8, 4) is 0 Å². The first kappa shape index (κ1) is 20.7. The number of anilines is 1. The monoisotopic (exact) mass is 419 g/mol. The second kappa shape index (κ2) is 9.06. The average Bonchev–Trinajstić information content (AvgIpc) is 2.75. The average molecular weight is 419 g/mol. The van der Waals surface area contributed by atoms with Crippen molar-refractivity contribution in [3.05, 3.63) is 65.5 Å². The molecule has 1 atom stereocenters. The zero-order chi connectivity index (χ0) is 21.1. The van der Waals surface area contributed by atoms with Crippen molar-refractivity contribution in [2.45, 2.75) is 6.10 Å². The maximum atomic E-state index is 14.0. The highest BCUT2D eigenvalue weighted by atomic mass is 19.1. The number of halogens is 3. The van der Waals surface area contributed by atoms with Crippen LogP contribution in [0.3, 0.4) is 0 Å². The number of nitrogens with zero attached hydrogens (tertiary/aromatic N) is 3. The van der Waals surface area contributed by atoms with Gasteiger partial charge in [-0.15, -0.1) is 0 Å². The summed E-state index contributed by atoms with van der Waals surface area (Å²) in [6.45, 7) is 5.11. The van der Waals surface area contributed by atoms with E-state index in [1.54, 1.807) is 17.0 Å². The van der Waals surface area contributed by atoms with E-state index in [1.165, 1.54) is 18.2 Å². The van der Waals surface area contributed by atoms with E-state index >= 15 is 0 Å².